The summed E-state index contributed by atoms with van der Waals surface area (Å²) in [6.45, 7) is 5.34. The van der Waals surface area contributed by atoms with Crippen molar-refractivity contribution in [2.75, 3.05) is 39.3 Å². The minimum Gasteiger partial charge on any atom is -0.342 e. The zero-order chi connectivity index (χ0) is 22.0. The van der Waals surface area contributed by atoms with E-state index in [0.29, 0.717) is 57.7 Å². The fraction of sp³-hybridized carbons (Fsp3) is 0.652. The lowest BCUT2D eigenvalue weighted by atomic mass is 9.95. The van der Waals surface area contributed by atoms with Crippen LogP contribution in [0, 0.1) is 12.8 Å². The van der Waals surface area contributed by atoms with Gasteiger partial charge in [-0.15, -0.1) is 0 Å². The number of nitrogens with zero attached hydrogens (tertiary/aromatic N) is 3. The number of likely N-dealkylation sites (tertiary alicyclic amines) is 2. The van der Waals surface area contributed by atoms with Crippen LogP contribution in [0.1, 0.15) is 54.4 Å². The summed E-state index contributed by atoms with van der Waals surface area (Å²) in [6.07, 6.45) is 4.48. The van der Waals surface area contributed by atoms with E-state index in [2.05, 4.69) is 0 Å². The smallest absolute Gasteiger partial charge is 0.253 e. The molecular weight excluding hydrogens is 414 g/mol. The number of piperidine rings is 2. The third kappa shape index (κ3) is 4.80. The van der Waals surface area contributed by atoms with Crippen molar-refractivity contribution in [3.05, 3.63) is 35.4 Å². The van der Waals surface area contributed by atoms with Crippen LogP contribution in [-0.4, -0.2) is 78.9 Å². The normalized spacial score (nSPS) is 23.8. The van der Waals surface area contributed by atoms with E-state index in [1.165, 1.54) is 0 Å². The van der Waals surface area contributed by atoms with Gasteiger partial charge in [0.05, 0.1) is 11.2 Å². The summed E-state index contributed by atoms with van der Waals surface area (Å²) in [5, 5.41) is -0.374. The summed E-state index contributed by atoms with van der Waals surface area (Å²) in [5.41, 5.74) is 1.77. The Hall–Kier alpha value is -1.93. The Morgan fingerprint density at radius 1 is 0.839 bits per heavy atom. The van der Waals surface area contributed by atoms with Gasteiger partial charge in [0.15, 0.2) is 0 Å². The summed E-state index contributed by atoms with van der Waals surface area (Å²) >= 11 is 0. The zero-order valence-electron chi connectivity index (χ0n) is 18.3. The molecule has 0 aromatic heterocycles. The van der Waals surface area contributed by atoms with Crippen molar-refractivity contribution in [2.24, 2.45) is 5.92 Å². The molecule has 3 saturated heterocycles. The summed E-state index contributed by atoms with van der Waals surface area (Å²) in [6, 6.07) is 7.55. The maximum atomic E-state index is 13.1. The van der Waals surface area contributed by atoms with Crippen LogP contribution in [-0.2, 0) is 14.8 Å². The van der Waals surface area contributed by atoms with Gasteiger partial charge in [-0.1, -0.05) is 17.7 Å². The second kappa shape index (κ2) is 9.28. The first kappa shape index (κ1) is 22.3. The van der Waals surface area contributed by atoms with Crippen molar-refractivity contribution >= 4 is 21.8 Å². The highest BCUT2D eigenvalue weighted by Crippen LogP contribution is 2.27. The summed E-state index contributed by atoms with van der Waals surface area (Å²) in [7, 11) is -3.25. The summed E-state index contributed by atoms with van der Waals surface area (Å²) < 4.78 is 27.3. The van der Waals surface area contributed by atoms with Crippen LogP contribution in [0.15, 0.2) is 24.3 Å². The second-order valence-corrected chi connectivity index (χ2v) is 11.3. The van der Waals surface area contributed by atoms with E-state index in [4.69, 9.17) is 0 Å². The lowest BCUT2D eigenvalue weighted by molar-refractivity contribution is -0.137. The van der Waals surface area contributed by atoms with Crippen molar-refractivity contribution in [1.29, 1.82) is 0 Å². The van der Waals surface area contributed by atoms with Crippen molar-refractivity contribution in [1.82, 2.24) is 14.1 Å². The Bertz CT molecular complexity index is 901. The molecule has 0 spiro atoms. The molecule has 3 fully saturated rings. The van der Waals surface area contributed by atoms with Crippen LogP contribution in [0.25, 0.3) is 0 Å². The molecule has 3 aliphatic heterocycles. The number of hydrogen-bond donors (Lipinski definition) is 0. The predicted octanol–water partition coefficient (Wildman–Crippen LogP) is 2.26. The van der Waals surface area contributed by atoms with Gasteiger partial charge in [0.2, 0.25) is 15.9 Å². The van der Waals surface area contributed by atoms with Gasteiger partial charge in [0, 0.05) is 44.8 Å². The molecule has 3 heterocycles. The Kier molecular flexibility index (Phi) is 6.67. The van der Waals surface area contributed by atoms with E-state index < -0.39 is 10.0 Å². The van der Waals surface area contributed by atoms with E-state index >= 15 is 0 Å². The van der Waals surface area contributed by atoms with Crippen molar-refractivity contribution in [3.63, 3.8) is 0 Å². The minimum absolute atomic E-state index is 0.0204. The molecule has 0 saturated carbocycles. The van der Waals surface area contributed by atoms with Gasteiger partial charge >= 0.3 is 0 Å². The first-order valence-corrected chi connectivity index (χ1v) is 13.0. The number of carbonyl (C=O) groups is 2. The molecule has 1 aromatic carbocycles. The van der Waals surface area contributed by atoms with Crippen LogP contribution in [0.3, 0.4) is 0 Å². The molecule has 0 radical (unpaired) electrons. The first-order chi connectivity index (χ1) is 14.9. The number of sulfonamides is 1. The molecule has 7 nitrogen and oxygen atoms in total. The second-order valence-electron chi connectivity index (χ2n) is 9.13. The standard InChI is InChI=1S/C23H33N3O4S/c1-18-6-8-19(9-7-18)22(27)25-12-4-5-20(17-25)23(28)24-15-10-21(11-16-24)31(29,30)26-13-2-3-14-26/h6-9,20-21H,2-5,10-17H2,1H3. The number of rotatable bonds is 4. The van der Waals surface area contributed by atoms with E-state index in [-0.39, 0.29) is 23.0 Å². The van der Waals surface area contributed by atoms with Gasteiger partial charge in [-0.25, -0.2) is 12.7 Å². The lowest BCUT2D eigenvalue weighted by Gasteiger charge is -2.38. The average Bonchev–Trinajstić information content (AvgIpc) is 3.35. The third-order valence-electron chi connectivity index (χ3n) is 6.96. The maximum absolute atomic E-state index is 13.1. The molecule has 4 rings (SSSR count). The average molecular weight is 448 g/mol. The number of amides is 2. The van der Waals surface area contributed by atoms with Crippen LogP contribution in [0.5, 0.6) is 0 Å². The fourth-order valence-electron chi connectivity index (χ4n) is 5.03. The minimum atomic E-state index is -3.25. The Morgan fingerprint density at radius 3 is 2.13 bits per heavy atom. The molecule has 8 heteroatoms. The van der Waals surface area contributed by atoms with Gasteiger partial charge < -0.3 is 9.80 Å². The van der Waals surface area contributed by atoms with Gasteiger partial charge in [-0.05, 0) is 57.6 Å². The van der Waals surface area contributed by atoms with Crippen LogP contribution in [0.2, 0.25) is 0 Å². The largest absolute Gasteiger partial charge is 0.342 e. The number of hydrogen-bond acceptors (Lipinski definition) is 4. The van der Waals surface area contributed by atoms with Crippen molar-refractivity contribution in [2.45, 2.75) is 50.7 Å². The molecule has 31 heavy (non-hydrogen) atoms. The molecule has 2 amide bonds. The van der Waals surface area contributed by atoms with Crippen molar-refractivity contribution in [3.8, 4) is 0 Å². The van der Waals surface area contributed by atoms with Gasteiger partial charge in [-0.2, -0.15) is 0 Å². The number of benzene rings is 1. The Balaban J connectivity index is 1.33. The van der Waals surface area contributed by atoms with Crippen LogP contribution < -0.4 is 0 Å². The van der Waals surface area contributed by atoms with E-state index in [9.17, 15) is 18.0 Å². The molecule has 1 unspecified atom stereocenters. The number of carbonyl (C=O) groups excluding carboxylic acids is 2. The van der Waals surface area contributed by atoms with E-state index in [1.54, 1.807) is 9.21 Å². The molecule has 0 N–H and O–H groups in total. The third-order valence-corrected chi connectivity index (χ3v) is 9.35. The molecule has 1 aromatic rings. The highest BCUT2D eigenvalue weighted by atomic mass is 32.2. The van der Waals surface area contributed by atoms with Gasteiger partial charge in [0.25, 0.3) is 5.91 Å². The number of aryl methyl sites for hydroxylation is 1. The molecule has 170 valence electrons. The predicted molar refractivity (Wildman–Crippen MR) is 119 cm³/mol. The highest BCUT2D eigenvalue weighted by molar-refractivity contribution is 7.89. The highest BCUT2D eigenvalue weighted by Gasteiger charge is 2.38. The molecule has 0 bridgehead atoms. The topological polar surface area (TPSA) is 78.0 Å². The van der Waals surface area contributed by atoms with Gasteiger partial charge in [0.1, 0.15) is 0 Å². The van der Waals surface area contributed by atoms with Gasteiger partial charge in [-0.3, -0.25) is 9.59 Å². The molecule has 3 aliphatic rings. The Labute approximate surface area is 185 Å². The maximum Gasteiger partial charge on any atom is 0.253 e. The quantitative estimate of drug-likeness (QED) is 0.709. The Morgan fingerprint density at radius 2 is 1.48 bits per heavy atom. The van der Waals surface area contributed by atoms with Crippen LogP contribution in [0.4, 0.5) is 0 Å². The van der Waals surface area contributed by atoms with Crippen LogP contribution >= 0.6 is 0 Å². The zero-order valence-corrected chi connectivity index (χ0v) is 19.1. The first-order valence-electron chi connectivity index (χ1n) is 11.5. The monoisotopic (exact) mass is 447 g/mol. The molecular formula is C23H33N3O4S. The van der Waals surface area contributed by atoms with Crippen molar-refractivity contribution < 1.29 is 18.0 Å². The fourth-order valence-corrected chi connectivity index (χ4v) is 7.02. The summed E-state index contributed by atoms with van der Waals surface area (Å²) in [5.74, 6) is -0.152. The molecule has 1 atom stereocenters. The summed E-state index contributed by atoms with van der Waals surface area (Å²) in [4.78, 5) is 29.6. The lowest BCUT2D eigenvalue weighted by Crippen LogP contribution is -2.50. The van der Waals surface area contributed by atoms with E-state index in [0.717, 1.165) is 31.2 Å². The SMILES string of the molecule is Cc1ccc(C(=O)N2CCCC(C(=O)N3CCC(S(=O)(=O)N4CCCC4)CC3)C2)cc1. The molecule has 0 aliphatic carbocycles. The van der Waals surface area contributed by atoms with E-state index in [1.807, 2.05) is 36.1 Å².